The molecule has 2 N–H and O–H groups in total. The van der Waals surface area contributed by atoms with Gasteiger partial charge in [0.1, 0.15) is 5.75 Å². The fourth-order valence-electron chi connectivity index (χ4n) is 2.21. The van der Waals surface area contributed by atoms with Crippen LogP contribution in [0, 0.1) is 0 Å². The number of hydrogen-bond acceptors (Lipinski definition) is 3. The van der Waals surface area contributed by atoms with Crippen LogP contribution in [0.15, 0.2) is 54.7 Å². The number of aromatic hydroxyl groups is 1. The first-order valence-electron chi connectivity index (χ1n) is 6.29. The van der Waals surface area contributed by atoms with Crippen molar-refractivity contribution in [3.05, 3.63) is 65.4 Å². The quantitative estimate of drug-likeness (QED) is 0.708. The molecule has 3 nitrogen and oxygen atoms in total. The van der Waals surface area contributed by atoms with Gasteiger partial charge in [-0.15, -0.1) is 0 Å². The summed E-state index contributed by atoms with van der Waals surface area (Å²) in [7, 11) is 0. The summed E-state index contributed by atoms with van der Waals surface area (Å²) in [6.07, 6.45) is 1.64. The predicted molar refractivity (Wildman–Crippen MR) is 82.2 cm³/mol. The Balaban J connectivity index is 1.95. The van der Waals surface area contributed by atoms with Crippen LogP contribution in [0.1, 0.15) is 5.56 Å². The maximum atomic E-state index is 10.1. The normalized spacial score (nSPS) is 10.7. The van der Waals surface area contributed by atoms with Gasteiger partial charge in [0, 0.05) is 18.3 Å². The van der Waals surface area contributed by atoms with Gasteiger partial charge in [0.2, 0.25) is 0 Å². The Morgan fingerprint density at radius 1 is 1.05 bits per heavy atom. The van der Waals surface area contributed by atoms with Gasteiger partial charge in [-0.2, -0.15) is 0 Å². The number of anilines is 1. The van der Waals surface area contributed by atoms with Crippen molar-refractivity contribution in [2.75, 3.05) is 5.32 Å². The van der Waals surface area contributed by atoms with E-state index in [-0.39, 0.29) is 5.75 Å². The molecule has 1 aromatic heterocycles. The number of nitrogens with one attached hydrogen (secondary N) is 1. The fraction of sp³-hybridized carbons (Fsp3) is 0.0625. The van der Waals surface area contributed by atoms with Gasteiger partial charge in [-0.25, -0.2) is 4.98 Å². The first kappa shape index (κ1) is 12.8. The Morgan fingerprint density at radius 3 is 2.75 bits per heavy atom. The van der Waals surface area contributed by atoms with E-state index in [4.69, 9.17) is 11.6 Å². The van der Waals surface area contributed by atoms with Crippen LogP contribution in [0.3, 0.4) is 0 Å². The Hall–Kier alpha value is -2.26. The molecule has 100 valence electrons. The van der Waals surface area contributed by atoms with Crippen LogP contribution in [0.2, 0.25) is 5.15 Å². The molecule has 0 aliphatic carbocycles. The molecule has 0 bridgehead atoms. The van der Waals surface area contributed by atoms with E-state index in [9.17, 15) is 5.11 Å². The molecule has 0 atom stereocenters. The van der Waals surface area contributed by atoms with Gasteiger partial charge < -0.3 is 10.4 Å². The van der Waals surface area contributed by atoms with Crippen LogP contribution >= 0.6 is 11.6 Å². The minimum absolute atomic E-state index is 0.274. The van der Waals surface area contributed by atoms with Crippen molar-refractivity contribution in [1.82, 2.24) is 4.98 Å². The minimum atomic E-state index is 0.274. The molecule has 0 amide bonds. The van der Waals surface area contributed by atoms with Gasteiger partial charge in [0.25, 0.3) is 0 Å². The summed E-state index contributed by atoms with van der Waals surface area (Å²) in [5.74, 6) is 0.274. The minimum Gasteiger partial charge on any atom is -0.508 e. The molecule has 4 heteroatoms. The Bertz CT molecular complexity index is 758. The number of phenolic OH excluding ortho intramolecular Hbond substituents is 1. The lowest BCUT2D eigenvalue weighted by Crippen LogP contribution is -2.01. The van der Waals surface area contributed by atoms with Gasteiger partial charge in [0.15, 0.2) is 5.15 Å². The zero-order valence-corrected chi connectivity index (χ0v) is 11.4. The first-order valence-corrected chi connectivity index (χ1v) is 6.67. The monoisotopic (exact) mass is 284 g/mol. The summed E-state index contributed by atoms with van der Waals surface area (Å²) in [6, 6.07) is 15.3. The number of fused-ring (bicyclic) bond motifs is 1. The van der Waals surface area contributed by atoms with Gasteiger partial charge in [-0.1, -0.05) is 41.9 Å². The first-order chi connectivity index (χ1) is 9.75. The van der Waals surface area contributed by atoms with Gasteiger partial charge in [-0.05, 0) is 29.0 Å². The number of pyridine rings is 1. The third-order valence-electron chi connectivity index (χ3n) is 3.23. The van der Waals surface area contributed by atoms with E-state index in [1.54, 1.807) is 12.3 Å². The number of halogens is 1. The second kappa shape index (κ2) is 5.39. The number of benzene rings is 2. The largest absolute Gasteiger partial charge is 0.508 e. The van der Waals surface area contributed by atoms with E-state index in [1.807, 2.05) is 42.5 Å². The molecule has 0 saturated carbocycles. The van der Waals surface area contributed by atoms with E-state index in [2.05, 4.69) is 10.3 Å². The molecular weight excluding hydrogens is 272 g/mol. The molecule has 0 aliphatic rings. The fourth-order valence-corrected chi connectivity index (χ4v) is 2.40. The van der Waals surface area contributed by atoms with Crippen LogP contribution in [-0.4, -0.2) is 10.1 Å². The topological polar surface area (TPSA) is 45.1 Å². The summed E-state index contributed by atoms with van der Waals surface area (Å²) >= 11 is 6.01. The number of rotatable bonds is 3. The number of hydrogen-bond donors (Lipinski definition) is 2. The number of aromatic nitrogens is 1. The standard InChI is InChI=1S/C16H13ClN2O/c17-16-14(6-3-9-18-16)19-10-13-12-5-2-1-4-11(12)7-8-15(13)20/h1-9,19-20H,10H2. The molecule has 3 rings (SSSR count). The molecule has 1 heterocycles. The maximum Gasteiger partial charge on any atom is 0.152 e. The van der Waals surface area contributed by atoms with Gasteiger partial charge >= 0.3 is 0 Å². The van der Waals surface area contributed by atoms with E-state index in [0.717, 1.165) is 22.0 Å². The molecule has 0 aliphatic heterocycles. The van der Waals surface area contributed by atoms with Crippen LogP contribution in [0.4, 0.5) is 5.69 Å². The van der Waals surface area contributed by atoms with Crippen molar-refractivity contribution in [2.45, 2.75) is 6.54 Å². The highest BCUT2D eigenvalue weighted by Crippen LogP contribution is 2.28. The van der Waals surface area contributed by atoms with Crippen LogP contribution in [0.5, 0.6) is 5.75 Å². The van der Waals surface area contributed by atoms with E-state index in [1.165, 1.54) is 0 Å². The lowest BCUT2D eigenvalue weighted by atomic mass is 10.0. The van der Waals surface area contributed by atoms with Crippen molar-refractivity contribution in [3.8, 4) is 5.75 Å². The van der Waals surface area contributed by atoms with E-state index in [0.29, 0.717) is 11.7 Å². The van der Waals surface area contributed by atoms with Crippen molar-refractivity contribution in [2.24, 2.45) is 0 Å². The second-order valence-corrected chi connectivity index (χ2v) is 4.84. The lowest BCUT2D eigenvalue weighted by Gasteiger charge is -2.12. The van der Waals surface area contributed by atoms with Crippen molar-refractivity contribution >= 4 is 28.1 Å². The molecule has 3 aromatic rings. The average Bonchev–Trinajstić information content (AvgIpc) is 2.48. The molecular formula is C16H13ClN2O. The summed E-state index contributed by atoms with van der Waals surface area (Å²) in [5.41, 5.74) is 1.60. The van der Waals surface area contributed by atoms with Crippen molar-refractivity contribution in [1.29, 1.82) is 0 Å². The second-order valence-electron chi connectivity index (χ2n) is 4.48. The Labute approximate surface area is 121 Å². The van der Waals surface area contributed by atoms with E-state index < -0.39 is 0 Å². The molecule has 0 spiro atoms. The maximum absolute atomic E-state index is 10.1. The van der Waals surface area contributed by atoms with Gasteiger partial charge in [-0.3, -0.25) is 0 Å². The summed E-state index contributed by atoms with van der Waals surface area (Å²) in [5, 5.41) is 15.8. The number of phenols is 1. The zero-order chi connectivity index (χ0) is 13.9. The average molecular weight is 285 g/mol. The highest BCUT2D eigenvalue weighted by atomic mass is 35.5. The van der Waals surface area contributed by atoms with Gasteiger partial charge in [0.05, 0.1) is 5.69 Å². The molecule has 0 fully saturated rings. The van der Waals surface area contributed by atoms with Crippen molar-refractivity contribution < 1.29 is 5.11 Å². The smallest absolute Gasteiger partial charge is 0.152 e. The van der Waals surface area contributed by atoms with Crippen molar-refractivity contribution in [3.63, 3.8) is 0 Å². The highest BCUT2D eigenvalue weighted by Gasteiger charge is 2.07. The zero-order valence-electron chi connectivity index (χ0n) is 10.7. The van der Waals surface area contributed by atoms with Crippen LogP contribution in [-0.2, 0) is 6.54 Å². The molecule has 20 heavy (non-hydrogen) atoms. The molecule has 2 aromatic carbocycles. The highest BCUT2D eigenvalue weighted by molar-refractivity contribution is 6.31. The summed E-state index contributed by atoms with van der Waals surface area (Å²) in [6.45, 7) is 0.485. The van der Waals surface area contributed by atoms with Crippen LogP contribution in [0.25, 0.3) is 10.8 Å². The summed E-state index contributed by atoms with van der Waals surface area (Å²) < 4.78 is 0. The third-order valence-corrected chi connectivity index (χ3v) is 3.53. The Morgan fingerprint density at radius 2 is 1.90 bits per heavy atom. The molecule has 0 saturated heterocycles. The molecule has 0 radical (unpaired) electrons. The Kier molecular flexibility index (Phi) is 3.44. The lowest BCUT2D eigenvalue weighted by molar-refractivity contribution is 0.470. The number of nitrogens with zero attached hydrogens (tertiary/aromatic N) is 1. The SMILES string of the molecule is Oc1ccc2ccccc2c1CNc1cccnc1Cl. The van der Waals surface area contributed by atoms with E-state index >= 15 is 0 Å². The van der Waals surface area contributed by atoms with Crippen LogP contribution < -0.4 is 5.32 Å². The predicted octanol–water partition coefficient (Wildman–Crippen LogP) is 4.21. The molecule has 0 unspecified atom stereocenters. The summed E-state index contributed by atoms with van der Waals surface area (Å²) in [4.78, 5) is 4.02. The third kappa shape index (κ3) is 2.40.